The van der Waals surface area contributed by atoms with E-state index >= 15 is 0 Å². The fraction of sp³-hybridized carbons (Fsp3) is 0.417. The molecule has 0 radical (unpaired) electrons. The van der Waals surface area contributed by atoms with Crippen molar-refractivity contribution in [2.45, 2.75) is 26.1 Å². The van der Waals surface area contributed by atoms with Crippen molar-refractivity contribution in [3.05, 3.63) is 28.8 Å². The summed E-state index contributed by atoms with van der Waals surface area (Å²) >= 11 is 5.82. The highest BCUT2D eigenvalue weighted by molar-refractivity contribution is 6.31. The third kappa shape index (κ3) is 5.38. The van der Waals surface area contributed by atoms with Gasteiger partial charge in [-0.15, -0.1) is 13.2 Å². The molecule has 0 saturated carbocycles. The number of esters is 1. The van der Waals surface area contributed by atoms with Gasteiger partial charge in [-0.3, -0.25) is 4.79 Å². The average Bonchev–Trinajstić information content (AvgIpc) is 2.26. The predicted octanol–water partition coefficient (Wildman–Crippen LogP) is 3.73. The molecule has 0 fully saturated rings. The van der Waals surface area contributed by atoms with E-state index < -0.39 is 18.1 Å². The largest absolute Gasteiger partial charge is 0.573 e. The molecule has 0 aliphatic rings. The van der Waals surface area contributed by atoms with Crippen LogP contribution >= 0.6 is 11.6 Å². The molecule has 0 amide bonds. The molecule has 0 heterocycles. The van der Waals surface area contributed by atoms with Gasteiger partial charge in [0.2, 0.25) is 0 Å². The van der Waals surface area contributed by atoms with Gasteiger partial charge in [0.1, 0.15) is 5.75 Å². The van der Waals surface area contributed by atoms with E-state index in [9.17, 15) is 18.0 Å². The van der Waals surface area contributed by atoms with Crippen LogP contribution < -0.4 is 4.74 Å². The second-order valence-electron chi connectivity index (χ2n) is 3.57. The normalized spacial score (nSPS) is 11.2. The minimum atomic E-state index is -4.80. The molecule has 1 aromatic rings. The van der Waals surface area contributed by atoms with Gasteiger partial charge in [-0.05, 0) is 25.5 Å². The van der Waals surface area contributed by atoms with Crippen molar-refractivity contribution in [2.24, 2.45) is 0 Å². The van der Waals surface area contributed by atoms with Crippen LogP contribution in [-0.4, -0.2) is 18.9 Å². The SMILES string of the molecule is CCOC(=O)CCc1c(Cl)cccc1OC(F)(F)F. The van der Waals surface area contributed by atoms with E-state index in [1.807, 2.05) is 0 Å². The first-order valence-electron chi connectivity index (χ1n) is 5.52. The molecule has 1 aromatic carbocycles. The van der Waals surface area contributed by atoms with E-state index in [-0.39, 0.29) is 30.0 Å². The van der Waals surface area contributed by atoms with Gasteiger partial charge >= 0.3 is 12.3 Å². The van der Waals surface area contributed by atoms with E-state index in [1.54, 1.807) is 6.92 Å². The molecule has 0 N–H and O–H groups in total. The number of ether oxygens (including phenoxy) is 2. The number of hydrogen-bond donors (Lipinski definition) is 0. The van der Waals surface area contributed by atoms with Gasteiger partial charge in [0.15, 0.2) is 0 Å². The molecule has 0 spiro atoms. The monoisotopic (exact) mass is 296 g/mol. The zero-order valence-corrected chi connectivity index (χ0v) is 10.8. The first kappa shape index (κ1) is 15.6. The second kappa shape index (κ2) is 6.65. The molecule has 1 rings (SSSR count). The van der Waals surface area contributed by atoms with Crippen molar-refractivity contribution in [3.63, 3.8) is 0 Å². The summed E-state index contributed by atoms with van der Waals surface area (Å²) < 4.78 is 45.2. The maximum atomic E-state index is 12.2. The molecule has 0 saturated heterocycles. The molecule has 0 aliphatic carbocycles. The van der Waals surface area contributed by atoms with Crippen molar-refractivity contribution in [1.29, 1.82) is 0 Å². The van der Waals surface area contributed by atoms with E-state index in [1.165, 1.54) is 12.1 Å². The van der Waals surface area contributed by atoms with Crippen molar-refractivity contribution < 1.29 is 27.4 Å². The zero-order valence-electron chi connectivity index (χ0n) is 10.1. The lowest BCUT2D eigenvalue weighted by molar-refractivity contribution is -0.274. The lowest BCUT2D eigenvalue weighted by Crippen LogP contribution is -2.18. The smallest absolute Gasteiger partial charge is 0.466 e. The number of carbonyl (C=O) groups excluding carboxylic acids is 1. The fourth-order valence-electron chi connectivity index (χ4n) is 1.46. The van der Waals surface area contributed by atoms with Crippen LogP contribution in [0.2, 0.25) is 5.02 Å². The quantitative estimate of drug-likeness (QED) is 0.777. The molecule has 0 bridgehead atoms. The Labute approximate surface area is 113 Å². The summed E-state index contributed by atoms with van der Waals surface area (Å²) in [5.41, 5.74) is 0.134. The van der Waals surface area contributed by atoms with Crippen LogP contribution in [0.15, 0.2) is 18.2 Å². The van der Waals surface area contributed by atoms with Gasteiger partial charge in [0.25, 0.3) is 0 Å². The van der Waals surface area contributed by atoms with Crippen molar-refractivity contribution in [2.75, 3.05) is 6.61 Å². The van der Waals surface area contributed by atoms with Gasteiger partial charge in [-0.2, -0.15) is 0 Å². The standard InChI is InChI=1S/C12H12ClF3O3/c1-2-18-11(17)7-6-8-9(13)4-3-5-10(8)19-12(14,15)16/h3-5H,2,6-7H2,1H3. The maximum Gasteiger partial charge on any atom is 0.573 e. The molecule has 0 unspecified atom stereocenters. The number of benzene rings is 1. The molecule has 0 atom stereocenters. The fourth-order valence-corrected chi connectivity index (χ4v) is 1.72. The topological polar surface area (TPSA) is 35.5 Å². The van der Waals surface area contributed by atoms with Crippen LogP contribution in [0.4, 0.5) is 13.2 Å². The van der Waals surface area contributed by atoms with Gasteiger partial charge in [0.05, 0.1) is 6.61 Å². The van der Waals surface area contributed by atoms with Crippen molar-refractivity contribution >= 4 is 17.6 Å². The van der Waals surface area contributed by atoms with Crippen LogP contribution in [0.5, 0.6) is 5.75 Å². The number of alkyl halides is 3. The van der Waals surface area contributed by atoms with E-state index in [2.05, 4.69) is 4.74 Å². The zero-order chi connectivity index (χ0) is 14.5. The van der Waals surface area contributed by atoms with Crippen LogP contribution in [0, 0.1) is 0 Å². The minimum Gasteiger partial charge on any atom is -0.466 e. The lowest BCUT2D eigenvalue weighted by Gasteiger charge is -2.14. The molecule has 0 aromatic heterocycles. The molecule has 106 valence electrons. The van der Waals surface area contributed by atoms with Gasteiger partial charge < -0.3 is 9.47 Å². The Hall–Kier alpha value is -1.43. The van der Waals surface area contributed by atoms with E-state index in [0.717, 1.165) is 6.07 Å². The lowest BCUT2D eigenvalue weighted by atomic mass is 10.1. The van der Waals surface area contributed by atoms with E-state index in [4.69, 9.17) is 16.3 Å². The first-order chi connectivity index (χ1) is 8.83. The van der Waals surface area contributed by atoms with E-state index in [0.29, 0.717) is 0 Å². The molecular formula is C12H12ClF3O3. The summed E-state index contributed by atoms with van der Waals surface area (Å²) in [4.78, 5) is 11.2. The van der Waals surface area contributed by atoms with Crippen LogP contribution in [-0.2, 0) is 16.0 Å². The summed E-state index contributed by atoms with van der Waals surface area (Å²) in [5, 5.41) is 0.117. The highest BCUT2D eigenvalue weighted by Gasteiger charge is 2.32. The third-order valence-corrected chi connectivity index (χ3v) is 2.54. The Morgan fingerprint density at radius 1 is 1.37 bits per heavy atom. The number of carbonyl (C=O) groups is 1. The Bertz CT molecular complexity index is 446. The highest BCUT2D eigenvalue weighted by Crippen LogP contribution is 2.31. The Morgan fingerprint density at radius 3 is 2.63 bits per heavy atom. The summed E-state index contributed by atoms with van der Waals surface area (Å²) in [7, 11) is 0. The predicted molar refractivity (Wildman–Crippen MR) is 63.1 cm³/mol. The molecule has 19 heavy (non-hydrogen) atoms. The number of rotatable bonds is 5. The van der Waals surface area contributed by atoms with Crippen molar-refractivity contribution in [1.82, 2.24) is 0 Å². The Kier molecular flexibility index (Phi) is 5.47. The van der Waals surface area contributed by atoms with Gasteiger partial charge in [-0.1, -0.05) is 17.7 Å². The highest BCUT2D eigenvalue weighted by atomic mass is 35.5. The number of hydrogen-bond acceptors (Lipinski definition) is 3. The summed E-state index contributed by atoms with van der Waals surface area (Å²) in [6.45, 7) is 1.86. The molecule has 0 aliphatic heterocycles. The first-order valence-corrected chi connectivity index (χ1v) is 5.90. The minimum absolute atomic E-state index is 0.0178. The Morgan fingerprint density at radius 2 is 2.05 bits per heavy atom. The summed E-state index contributed by atoms with van der Waals surface area (Å²) in [6, 6.07) is 3.93. The second-order valence-corrected chi connectivity index (χ2v) is 3.98. The summed E-state index contributed by atoms with van der Waals surface area (Å²) in [6.07, 6.45) is -4.85. The molecular weight excluding hydrogens is 285 g/mol. The Balaban J connectivity index is 2.83. The van der Waals surface area contributed by atoms with Crippen LogP contribution in [0.25, 0.3) is 0 Å². The van der Waals surface area contributed by atoms with Gasteiger partial charge in [-0.25, -0.2) is 0 Å². The average molecular weight is 297 g/mol. The third-order valence-electron chi connectivity index (χ3n) is 2.19. The summed E-state index contributed by atoms with van der Waals surface area (Å²) in [5.74, 6) is -0.898. The molecule has 7 heteroatoms. The van der Waals surface area contributed by atoms with Gasteiger partial charge in [0, 0.05) is 17.0 Å². The maximum absolute atomic E-state index is 12.2. The molecule has 3 nitrogen and oxygen atoms in total. The number of halogens is 4. The van der Waals surface area contributed by atoms with Crippen LogP contribution in [0.1, 0.15) is 18.9 Å². The van der Waals surface area contributed by atoms with Crippen LogP contribution in [0.3, 0.4) is 0 Å². The van der Waals surface area contributed by atoms with Crippen molar-refractivity contribution in [3.8, 4) is 5.75 Å².